The largest absolute Gasteiger partial charge is 0.299 e. The Kier molecular flexibility index (Phi) is 4.62. The van der Waals surface area contributed by atoms with E-state index in [0.29, 0.717) is 16.4 Å². The fourth-order valence-corrected chi connectivity index (χ4v) is 2.95. The van der Waals surface area contributed by atoms with Crippen LogP contribution in [0.4, 0.5) is 8.78 Å². The Hall–Kier alpha value is -0.480. The van der Waals surface area contributed by atoms with Crippen LogP contribution in [0.5, 0.6) is 0 Å². The van der Waals surface area contributed by atoms with Crippen LogP contribution in [0.1, 0.15) is 38.7 Å². The lowest BCUT2D eigenvalue weighted by molar-refractivity contribution is 0.249. The smallest absolute Gasteiger partial charge is 0.144 e. The Labute approximate surface area is 122 Å². The Morgan fingerprint density at radius 2 is 1.95 bits per heavy atom. The predicted octanol–water partition coefficient (Wildman–Crippen LogP) is 4.74. The Bertz CT molecular complexity index is 460. The van der Waals surface area contributed by atoms with Gasteiger partial charge in [-0.05, 0) is 65.8 Å². The van der Waals surface area contributed by atoms with Crippen LogP contribution in [0.2, 0.25) is 0 Å². The summed E-state index contributed by atoms with van der Waals surface area (Å²) in [6.45, 7) is 6.69. The van der Waals surface area contributed by atoms with E-state index in [9.17, 15) is 8.78 Å². The van der Waals surface area contributed by atoms with E-state index in [0.717, 1.165) is 25.9 Å². The summed E-state index contributed by atoms with van der Waals surface area (Å²) in [6, 6.07) is 2.74. The fraction of sp³-hybridized carbons (Fsp3) is 0.600. The molecule has 1 aliphatic heterocycles. The molecule has 1 saturated heterocycles. The second-order valence-corrected chi connectivity index (χ2v) is 6.97. The zero-order valence-electron chi connectivity index (χ0n) is 11.5. The molecule has 1 heterocycles. The van der Waals surface area contributed by atoms with Gasteiger partial charge in [0.05, 0.1) is 4.47 Å². The number of rotatable bonds is 2. The third-order valence-electron chi connectivity index (χ3n) is 3.95. The molecule has 0 unspecified atom stereocenters. The first-order chi connectivity index (χ1) is 8.89. The molecule has 4 heteroatoms. The maximum atomic E-state index is 14.0. The highest BCUT2D eigenvalue weighted by atomic mass is 79.9. The molecular weight excluding hydrogens is 312 g/mol. The number of halogens is 3. The van der Waals surface area contributed by atoms with Gasteiger partial charge >= 0.3 is 0 Å². The Balaban J connectivity index is 2.11. The van der Waals surface area contributed by atoms with Gasteiger partial charge in [-0.3, -0.25) is 4.90 Å². The third-order valence-corrected chi connectivity index (χ3v) is 4.57. The van der Waals surface area contributed by atoms with Gasteiger partial charge in [-0.15, -0.1) is 0 Å². The van der Waals surface area contributed by atoms with Gasteiger partial charge in [-0.1, -0.05) is 13.8 Å². The second-order valence-electron chi connectivity index (χ2n) is 6.12. The lowest BCUT2D eigenvalue weighted by Gasteiger charge is -2.23. The molecule has 1 nitrogen and oxygen atoms in total. The Morgan fingerprint density at radius 1 is 1.21 bits per heavy atom. The first kappa shape index (κ1) is 14.9. The van der Waals surface area contributed by atoms with E-state index in [1.165, 1.54) is 18.6 Å². The van der Waals surface area contributed by atoms with Crippen molar-refractivity contribution in [1.29, 1.82) is 0 Å². The van der Waals surface area contributed by atoms with Gasteiger partial charge in [0.25, 0.3) is 0 Å². The molecule has 0 amide bonds. The minimum Gasteiger partial charge on any atom is -0.299 e. The van der Waals surface area contributed by atoms with Crippen LogP contribution in [0.3, 0.4) is 0 Å². The van der Waals surface area contributed by atoms with Crippen molar-refractivity contribution in [1.82, 2.24) is 4.90 Å². The van der Waals surface area contributed by atoms with Gasteiger partial charge in [0.1, 0.15) is 11.6 Å². The molecule has 1 aromatic carbocycles. The standard InChI is InChI=1S/C15H20BrF2N/c1-15(2)6-3-8-19(9-7-15)10-11-13(17)5-4-12(16)14(11)18/h4-5H,3,6-10H2,1-2H3. The highest BCUT2D eigenvalue weighted by Gasteiger charge is 2.24. The number of hydrogen-bond donors (Lipinski definition) is 0. The summed E-state index contributed by atoms with van der Waals surface area (Å²) in [5.74, 6) is -0.923. The molecule has 1 aliphatic rings. The molecule has 0 spiro atoms. The van der Waals surface area contributed by atoms with E-state index >= 15 is 0 Å². The average molecular weight is 332 g/mol. The Morgan fingerprint density at radius 3 is 2.68 bits per heavy atom. The molecule has 2 rings (SSSR count). The first-order valence-electron chi connectivity index (χ1n) is 6.74. The maximum absolute atomic E-state index is 14.0. The van der Waals surface area contributed by atoms with E-state index in [1.807, 2.05) is 0 Å². The quantitative estimate of drug-likeness (QED) is 0.707. The maximum Gasteiger partial charge on any atom is 0.144 e. The van der Waals surface area contributed by atoms with Crippen molar-refractivity contribution in [2.75, 3.05) is 13.1 Å². The lowest BCUT2D eigenvalue weighted by atomic mass is 9.85. The fourth-order valence-electron chi connectivity index (χ4n) is 2.57. The van der Waals surface area contributed by atoms with Crippen LogP contribution < -0.4 is 0 Å². The van der Waals surface area contributed by atoms with Crippen LogP contribution in [-0.4, -0.2) is 18.0 Å². The molecule has 1 aromatic rings. The topological polar surface area (TPSA) is 3.24 Å². The van der Waals surface area contributed by atoms with Crippen molar-refractivity contribution < 1.29 is 8.78 Å². The molecule has 0 aliphatic carbocycles. The van der Waals surface area contributed by atoms with Crippen molar-refractivity contribution in [2.45, 2.75) is 39.7 Å². The summed E-state index contributed by atoms with van der Waals surface area (Å²) in [5.41, 5.74) is 0.511. The molecular formula is C15H20BrF2N. The number of benzene rings is 1. The number of hydrogen-bond acceptors (Lipinski definition) is 1. The molecule has 1 fully saturated rings. The molecule has 0 N–H and O–H groups in total. The van der Waals surface area contributed by atoms with Gasteiger partial charge in [-0.25, -0.2) is 8.78 Å². The third kappa shape index (κ3) is 3.76. The van der Waals surface area contributed by atoms with Crippen LogP contribution in [-0.2, 0) is 6.54 Å². The van der Waals surface area contributed by atoms with E-state index in [4.69, 9.17) is 0 Å². The molecule has 0 saturated carbocycles. The molecule has 0 radical (unpaired) electrons. The summed E-state index contributed by atoms with van der Waals surface area (Å²) in [4.78, 5) is 2.16. The van der Waals surface area contributed by atoms with Crippen molar-refractivity contribution >= 4 is 15.9 Å². The van der Waals surface area contributed by atoms with E-state index in [2.05, 4.69) is 34.7 Å². The van der Waals surface area contributed by atoms with Crippen molar-refractivity contribution in [3.63, 3.8) is 0 Å². The van der Waals surface area contributed by atoms with E-state index in [-0.39, 0.29) is 5.56 Å². The van der Waals surface area contributed by atoms with Gasteiger partial charge in [-0.2, -0.15) is 0 Å². The van der Waals surface area contributed by atoms with E-state index in [1.54, 1.807) is 0 Å². The SMILES string of the molecule is CC1(C)CCCN(Cc2c(F)ccc(Br)c2F)CC1. The average Bonchev–Trinajstić information content (AvgIpc) is 2.51. The molecule has 0 bridgehead atoms. The van der Waals surface area contributed by atoms with Crippen LogP contribution in [0.25, 0.3) is 0 Å². The number of nitrogens with zero attached hydrogens (tertiary/aromatic N) is 1. The zero-order valence-corrected chi connectivity index (χ0v) is 13.1. The monoisotopic (exact) mass is 331 g/mol. The van der Waals surface area contributed by atoms with Crippen molar-refractivity contribution in [3.05, 3.63) is 33.8 Å². The first-order valence-corrected chi connectivity index (χ1v) is 7.53. The highest BCUT2D eigenvalue weighted by Crippen LogP contribution is 2.31. The minimum atomic E-state index is -0.469. The summed E-state index contributed by atoms with van der Waals surface area (Å²) in [6.07, 6.45) is 3.33. The van der Waals surface area contributed by atoms with Crippen molar-refractivity contribution in [2.24, 2.45) is 5.41 Å². The van der Waals surface area contributed by atoms with Crippen LogP contribution in [0.15, 0.2) is 16.6 Å². The zero-order chi connectivity index (χ0) is 14.0. The van der Waals surface area contributed by atoms with Crippen LogP contribution in [0, 0.1) is 17.0 Å². The highest BCUT2D eigenvalue weighted by molar-refractivity contribution is 9.10. The summed E-state index contributed by atoms with van der Waals surface area (Å²) in [7, 11) is 0. The van der Waals surface area contributed by atoms with Crippen molar-refractivity contribution in [3.8, 4) is 0 Å². The summed E-state index contributed by atoms with van der Waals surface area (Å²) < 4.78 is 28.0. The van der Waals surface area contributed by atoms with Gasteiger partial charge in [0.2, 0.25) is 0 Å². The minimum absolute atomic E-state index is 0.175. The normalized spacial score (nSPS) is 20.3. The molecule has 19 heavy (non-hydrogen) atoms. The lowest BCUT2D eigenvalue weighted by Crippen LogP contribution is -2.26. The van der Waals surface area contributed by atoms with E-state index < -0.39 is 11.6 Å². The van der Waals surface area contributed by atoms with Gasteiger partial charge in [0.15, 0.2) is 0 Å². The molecule has 106 valence electrons. The summed E-state index contributed by atoms with van der Waals surface area (Å²) in [5, 5.41) is 0. The summed E-state index contributed by atoms with van der Waals surface area (Å²) >= 11 is 3.12. The predicted molar refractivity (Wildman–Crippen MR) is 77.0 cm³/mol. The van der Waals surface area contributed by atoms with Gasteiger partial charge in [0, 0.05) is 12.1 Å². The number of likely N-dealkylation sites (tertiary alicyclic amines) is 1. The second kappa shape index (κ2) is 5.88. The molecule has 0 aromatic heterocycles. The molecule has 0 atom stereocenters. The van der Waals surface area contributed by atoms with Crippen LogP contribution >= 0.6 is 15.9 Å². The van der Waals surface area contributed by atoms with Gasteiger partial charge < -0.3 is 0 Å².